The molecular weight excluding hydrogens is 737 g/mol. The van der Waals surface area contributed by atoms with Crippen LogP contribution in [0.5, 0.6) is 0 Å². The third-order valence-electron chi connectivity index (χ3n) is 8.30. The van der Waals surface area contributed by atoms with Crippen molar-refractivity contribution in [3.63, 3.8) is 0 Å². The van der Waals surface area contributed by atoms with Gasteiger partial charge in [0.05, 0.1) is 29.0 Å². The Balaban J connectivity index is 0.000000172. The number of nitrogens with two attached hydrogens (primary N) is 2. The van der Waals surface area contributed by atoms with Crippen molar-refractivity contribution < 1.29 is 26.6 Å². The molecule has 0 aliphatic heterocycles. The fraction of sp³-hybridized carbons (Fsp3) is 0.0889. The van der Waals surface area contributed by atoms with Crippen LogP contribution in [-0.4, -0.2) is 32.0 Å². The highest BCUT2D eigenvalue weighted by molar-refractivity contribution is 7.85. The number of hydrogen-bond donors (Lipinski definition) is 2. The molecule has 3 unspecified atom stereocenters. The molecule has 4 N–H and O–H groups in total. The molecule has 0 aliphatic carbocycles. The van der Waals surface area contributed by atoms with E-state index in [1.807, 2.05) is 121 Å². The zero-order valence-corrected chi connectivity index (χ0v) is 31.1. The van der Waals surface area contributed by atoms with Crippen LogP contribution in [0, 0.1) is 23.3 Å². The third-order valence-corrected chi connectivity index (χ3v) is 8.97. The lowest BCUT2D eigenvalue weighted by molar-refractivity contribution is 0.102. The molecule has 0 saturated carbocycles. The minimum atomic E-state index is -1.30. The Morgan fingerprint density at radius 1 is 0.571 bits per heavy atom. The van der Waals surface area contributed by atoms with Gasteiger partial charge in [-0.25, -0.2) is 22.5 Å². The molecule has 0 spiro atoms. The second kappa shape index (κ2) is 20.0. The summed E-state index contributed by atoms with van der Waals surface area (Å²) in [5.41, 5.74) is 18.3. The molecule has 0 saturated heterocycles. The van der Waals surface area contributed by atoms with Crippen LogP contribution in [0.25, 0.3) is 33.8 Å². The van der Waals surface area contributed by atoms with Gasteiger partial charge in [-0.3, -0.25) is 14.0 Å². The van der Waals surface area contributed by atoms with Crippen LogP contribution in [-0.2, 0) is 10.8 Å². The van der Waals surface area contributed by atoms with Crippen molar-refractivity contribution >= 4 is 16.6 Å². The van der Waals surface area contributed by atoms with Gasteiger partial charge in [-0.2, -0.15) is 0 Å². The van der Waals surface area contributed by atoms with E-state index in [2.05, 4.69) is 9.97 Å². The summed E-state index contributed by atoms with van der Waals surface area (Å²) in [5.74, 6) is -3.65. The maximum absolute atomic E-state index is 13.6. The van der Waals surface area contributed by atoms with E-state index in [4.69, 9.17) is 11.5 Å². The summed E-state index contributed by atoms with van der Waals surface area (Å²) in [5, 5.41) is 0. The maximum Gasteiger partial charge on any atom is 0.175 e. The second-order valence-electron chi connectivity index (χ2n) is 12.5. The lowest BCUT2D eigenvalue weighted by Gasteiger charge is -2.20. The van der Waals surface area contributed by atoms with Gasteiger partial charge >= 0.3 is 0 Å². The molecule has 1 aromatic heterocycles. The number of carbonyl (C=O) groups is 1. The molecule has 6 aromatic carbocycles. The minimum Gasteiger partial charge on any atom is -0.322 e. The van der Waals surface area contributed by atoms with Gasteiger partial charge in [-0.15, -0.1) is 0 Å². The smallest absolute Gasteiger partial charge is 0.175 e. The number of carbonyl (C=O) groups excluding carboxylic acids is 1. The van der Waals surface area contributed by atoms with Gasteiger partial charge in [0.2, 0.25) is 0 Å². The standard InChI is InChI=1S/C22H14F2N2.C14H16N2.C9H8F2O2S/c23-18-11-17(12-19(24)13-18)20-14-25-21(15-7-3-1-4-8-15)22(26-20)16-9-5-2-6-10-16;15-13(11-7-3-1-4-8-11)14(16)12-9-5-2-6-10-12;1-14(13)5-9(12)6-2-7(10)4-8(11)3-6/h1-14H;1-10,13-14H,15-16H2;2-4H,5H2,1H3. The normalized spacial score (nSPS) is 12.2. The topological polar surface area (TPSA) is 112 Å². The van der Waals surface area contributed by atoms with Crippen LogP contribution >= 0.6 is 0 Å². The van der Waals surface area contributed by atoms with Gasteiger partial charge in [-0.1, -0.05) is 121 Å². The molecule has 0 aliphatic rings. The quantitative estimate of drug-likeness (QED) is 0.112. The van der Waals surface area contributed by atoms with Crippen molar-refractivity contribution in [1.82, 2.24) is 9.97 Å². The van der Waals surface area contributed by atoms with E-state index in [0.29, 0.717) is 23.0 Å². The van der Waals surface area contributed by atoms with Crippen LogP contribution in [0.4, 0.5) is 17.6 Å². The van der Waals surface area contributed by atoms with Crippen LogP contribution in [0.2, 0.25) is 0 Å². The average molecular weight is 775 g/mol. The van der Waals surface area contributed by atoms with E-state index in [-0.39, 0.29) is 23.4 Å². The number of hydrogen-bond acceptors (Lipinski definition) is 6. The highest BCUT2D eigenvalue weighted by Gasteiger charge is 2.17. The van der Waals surface area contributed by atoms with E-state index >= 15 is 0 Å². The number of rotatable bonds is 9. The molecule has 7 aromatic rings. The Hall–Kier alpha value is -6.14. The molecule has 7 rings (SSSR count). The first-order chi connectivity index (χ1) is 27.0. The average Bonchev–Trinajstić information content (AvgIpc) is 3.21. The first-order valence-electron chi connectivity index (χ1n) is 17.3. The predicted molar refractivity (Wildman–Crippen MR) is 215 cm³/mol. The molecule has 0 fully saturated rings. The van der Waals surface area contributed by atoms with Gasteiger partial charge in [0.15, 0.2) is 5.78 Å². The van der Waals surface area contributed by atoms with Crippen molar-refractivity contribution in [1.29, 1.82) is 0 Å². The fourth-order valence-electron chi connectivity index (χ4n) is 5.58. The van der Waals surface area contributed by atoms with Gasteiger partial charge in [0, 0.05) is 63.5 Å². The summed E-state index contributed by atoms with van der Waals surface area (Å²) < 4.78 is 63.2. The van der Waals surface area contributed by atoms with Crippen molar-refractivity contribution in [2.75, 3.05) is 12.0 Å². The number of benzene rings is 6. The number of aromatic nitrogens is 2. The van der Waals surface area contributed by atoms with E-state index < -0.39 is 39.9 Å². The summed E-state index contributed by atoms with van der Waals surface area (Å²) in [6.07, 6.45) is 2.90. The van der Waals surface area contributed by atoms with E-state index in [1.54, 1.807) is 6.20 Å². The summed E-state index contributed by atoms with van der Waals surface area (Å²) in [6, 6.07) is 44.8. The predicted octanol–water partition coefficient (Wildman–Crippen LogP) is 9.67. The number of nitrogens with zero attached hydrogens (tertiary/aromatic N) is 2. The number of ketones is 1. The van der Waals surface area contributed by atoms with Gasteiger partial charge < -0.3 is 11.5 Å². The van der Waals surface area contributed by atoms with Crippen LogP contribution in [0.1, 0.15) is 33.6 Å². The van der Waals surface area contributed by atoms with Crippen molar-refractivity contribution in [3.05, 3.63) is 204 Å². The summed E-state index contributed by atoms with van der Waals surface area (Å²) in [4.78, 5) is 20.5. The molecule has 0 radical (unpaired) electrons. The monoisotopic (exact) mass is 774 g/mol. The highest BCUT2D eigenvalue weighted by atomic mass is 32.2. The molecule has 0 amide bonds. The van der Waals surface area contributed by atoms with E-state index in [1.165, 1.54) is 18.4 Å². The lowest BCUT2D eigenvalue weighted by atomic mass is 9.95. The SMILES string of the molecule is CS(=O)CC(=O)c1cc(F)cc(F)c1.Fc1cc(F)cc(-c2cnc(-c3ccccc3)c(-c3ccccc3)n2)c1.NC(c1ccccc1)C(N)c1ccccc1. The maximum atomic E-state index is 13.6. The largest absolute Gasteiger partial charge is 0.322 e. The van der Waals surface area contributed by atoms with Crippen LogP contribution < -0.4 is 11.5 Å². The molecular formula is C45H38F4N4O2S. The summed E-state index contributed by atoms with van der Waals surface area (Å²) in [6.45, 7) is 0. The van der Waals surface area contributed by atoms with E-state index in [9.17, 15) is 26.6 Å². The molecule has 284 valence electrons. The van der Waals surface area contributed by atoms with Crippen molar-refractivity contribution in [2.45, 2.75) is 12.1 Å². The van der Waals surface area contributed by atoms with Gasteiger partial charge in [0.25, 0.3) is 0 Å². The Morgan fingerprint density at radius 3 is 1.39 bits per heavy atom. The first-order valence-corrected chi connectivity index (χ1v) is 19.1. The van der Waals surface area contributed by atoms with Gasteiger partial charge in [0.1, 0.15) is 23.3 Å². The number of halogens is 4. The lowest BCUT2D eigenvalue weighted by Crippen LogP contribution is -2.26. The molecule has 3 atom stereocenters. The molecule has 1 heterocycles. The minimum absolute atomic E-state index is 0.0855. The third kappa shape index (κ3) is 11.7. The molecule has 11 heteroatoms. The van der Waals surface area contributed by atoms with Gasteiger partial charge in [-0.05, 0) is 35.4 Å². The molecule has 6 nitrogen and oxygen atoms in total. The summed E-state index contributed by atoms with van der Waals surface area (Å²) in [7, 11) is -1.30. The van der Waals surface area contributed by atoms with Crippen molar-refractivity contribution in [2.24, 2.45) is 11.5 Å². The highest BCUT2D eigenvalue weighted by Crippen LogP contribution is 2.31. The van der Waals surface area contributed by atoms with Crippen molar-refractivity contribution in [3.8, 4) is 33.8 Å². The Labute approximate surface area is 325 Å². The van der Waals surface area contributed by atoms with E-state index in [0.717, 1.165) is 46.1 Å². The Kier molecular flexibility index (Phi) is 14.6. The summed E-state index contributed by atoms with van der Waals surface area (Å²) >= 11 is 0. The van der Waals surface area contributed by atoms with Crippen LogP contribution in [0.15, 0.2) is 164 Å². The van der Waals surface area contributed by atoms with Crippen LogP contribution in [0.3, 0.4) is 0 Å². The molecule has 56 heavy (non-hydrogen) atoms. The first kappa shape index (κ1) is 41.0. The zero-order chi connectivity index (χ0) is 40.0. The molecule has 0 bridgehead atoms. The Bertz CT molecular complexity index is 2290. The fourth-order valence-corrected chi connectivity index (χ4v) is 6.12. The second-order valence-corrected chi connectivity index (χ2v) is 13.9. The Morgan fingerprint density at radius 2 is 0.964 bits per heavy atom. The zero-order valence-electron chi connectivity index (χ0n) is 30.2. The number of Topliss-reactive ketones (excluding diaryl/α,β-unsaturated/α-hetero) is 1.